The molecule has 3 aromatic carbocycles. The van der Waals surface area contributed by atoms with E-state index in [2.05, 4.69) is 16.7 Å². The molecule has 0 aliphatic heterocycles. The lowest BCUT2D eigenvalue weighted by atomic mass is 10.1. The zero-order chi connectivity index (χ0) is 20.1. The van der Waals surface area contributed by atoms with Crippen molar-refractivity contribution in [2.45, 2.75) is 12.8 Å². The number of carbonyl (C=O) groups excluding carboxylic acids is 1. The second kappa shape index (κ2) is 8.94. The van der Waals surface area contributed by atoms with Gasteiger partial charge in [0, 0.05) is 17.7 Å². The summed E-state index contributed by atoms with van der Waals surface area (Å²) in [6.07, 6.45) is 1.07. The van der Waals surface area contributed by atoms with Crippen LogP contribution >= 0.6 is 23.6 Å². The molecule has 4 aromatic rings. The average molecular weight is 418 g/mol. The maximum absolute atomic E-state index is 12.2. The standard InChI is InChI=1S/C23H19N3OS2/c27-21(14-13-16-7-2-1-3-8-16)26-23(28)24-18-10-6-9-17(15-18)22-25-19-11-4-5-12-20(19)29-22/h1-12,15H,13-14H2,(H2,24,26,27,28). The number of fused-ring (bicyclic) bond motifs is 1. The summed E-state index contributed by atoms with van der Waals surface area (Å²) < 4.78 is 1.15. The van der Waals surface area contributed by atoms with Gasteiger partial charge in [-0.2, -0.15) is 0 Å². The van der Waals surface area contributed by atoms with Crippen molar-refractivity contribution < 1.29 is 4.79 Å². The van der Waals surface area contributed by atoms with Gasteiger partial charge in [0.15, 0.2) is 5.11 Å². The number of anilines is 1. The van der Waals surface area contributed by atoms with E-state index in [0.29, 0.717) is 18.0 Å². The highest BCUT2D eigenvalue weighted by Gasteiger charge is 2.09. The summed E-state index contributed by atoms with van der Waals surface area (Å²) in [5.41, 5.74) is 3.95. The minimum Gasteiger partial charge on any atom is -0.332 e. The van der Waals surface area contributed by atoms with Crippen LogP contribution in [-0.2, 0) is 11.2 Å². The second-order valence-corrected chi connectivity index (χ2v) is 7.99. The SMILES string of the molecule is O=C(CCc1ccccc1)NC(=S)Nc1cccc(-c2nc3ccccc3s2)c1. The number of hydrogen-bond donors (Lipinski definition) is 2. The molecule has 4 nitrogen and oxygen atoms in total. The van der Waals surface area contributed by atoms with Crippen molar-refractivity contribution in [3.05, 3.63) is 84.4 Å². The molecule has 1 heterocycles. The molecule has 0 fully saturated rings. The van der Waals surface area contributed by atoms with E-state index >= 15 is 0 Å². The molecule has 0 aliphatic carbocycles. The third-order valence-electron chi connectivity index (χ3n) is 4.40. The minimum absolute atomic E-state index is 0.103. The van der Waals surface area contributed by atoms with Gasteiger partial charge >= 0.3 is 0 Å². The van der Waals surface area contributed by atoms with Gasteiger partial charge in [0.05, 0.1) is 10.2 Å². The van der Waals surface area contributed by atoms with Crippen molar-refractivity contribution in [3.8, 4) is 10.6 Å². The topological polar surface area (TPSA) is 54.0 Å². The van der Waals surface area contributed by atoms with Gasteiger partial charge in [-0.15, -0.1) is 11.3 Å². The Labute approximate surface area is 178 Å². The van der Waals surface area contributed by atoms with E-state index in [1.807, 2.05) is 72.8 Å². The lowest BCUT2D eigenvalue weighted by Gasteiger charge is -2.10. The number of carbonyl (C=O) groups is 1. The van der Waals surface area contributed by atoms with Gasteiger partial charge in [0.25, 0.3) is 0 Å². The quantitative estimate of drug-likeness (QED) is 0.426. The van der Waals surface area contributed by atoms with Crippen LogP contribution in [0.1, 0.15) is 12.0 Å². The van der Waals surface area contributed by atoms with Gasteiger partial charge in [-0.25, -0.2) is 4.98 Å². The number of hydrogen-bond acceptors (Lipinski definition) is 4. The molecule has 1 aromatic heterocycles. The summed E-state index contributed by atoms with van der Waals surface area (Å²) >= 11 is 6.95. The van der Waals surface area contributed by atoms with Crippen LogP contribution in [0.2, 0.25) is 0 Å². The molecule has 2 N–H and O–H groups in total. The lowest BCUT2D eigenvalue weighted by molar-refractivity contribution is -0.119. The van der Waals surface area contributed by atoms with E-state index in [9.17, 15) is 4.79 Å². The first-order valence-corrected chi connectivity index (χ1v) is 10.5. The predicted molar refractivity (Wildman–Crippen MR) is 124 cm³/mol. The Balaban J connectivity index is 1.37. The Bertz CT molecular complexity index is 1120. The van der Waals surface area contributed by atoms with Crippen molar-refractivity contribution in [3.63, 3.8) is 0 Å². The van der Waals surface area contributed by atoms with Crippen LogP contribution in [0.3, 0.4) is 0 Å². The van der Waals surface area contributed by atoms with Crippen LogP contribution in [0.15, 0.2) is 78.9 Å². The van der Waals surface area contributed by atoms with Crippen molar-refractivity contribution >= 4 is 50.5 Å². The number of nitrogens with one attached hydrogen (secondary N) is 2. The number of aryl methyl sites for hydroxylation is 1. The third-order valence-corrected chi connectivity index (χ3v) is 5.69. The number of thiazole rings is 1. The summed E-state index contributed by atoms with van der Waals surface area (Å²) in [5, 5.41) is 7.09. The molecule has 6 heteroatoms. The summed E-state index contributed by atoms with van der Waals surface area (Å²) in [6, 6.07) is 25.9. The normalized spacial score (nSPS) is 10.6. The number of aromatic nitrogens is 1. The molecular weight excluding hydrogens is 398 g/mol. The number of thiocarbonyl (C=S) groups is 1. The zero-order valence-corrected chi connectivity index (χ0v) is 17.2. The molecule has 0 saturated heterocycles. The number of benzene rings is 3. The predicted octanol–water partition coefficient (Wildman–Crippen LogP) is 5.41. The van der Waals surface area contributed by atoms with Crippen molar-refractivity contribution in [1.82, 2.24) is 10.3 Å². The molecule has 0 atom stereocenters. The first kappa shape index (κ1) is 19.2. The van der Waals surface area contributed by atoms with Crippen LogP contribution in [-0.4, -0.2) is 16.0 Å². The summed E-state index contributed by atoms with van der Waals surface area (Å²) in [4.78, 5) is 16.9. The highest BCUT2D eigenvalue weighted by molar-refractivity contribution is 7.80. The largest absolute Gasteiger partial charge is 0.332 e. The first-order valence-electron chi connectivity index (χ1n) is 9.28. The molecule has 1 amide bonds. The smallest absolute Gasteiger partial charge is 0.226 e. The number of rotatable bonds is 5. The Hall–Kier alpha value is -3.09. The van der Waals surface area contributed by atoms with Crippen molar-refractivity contribution in [2.75, 3.05) is 5.32 Å². The van der Waals surface area contributed by atoms with Gasteiger partial charge in [-0.05, 0) is 48.5 Å². The van der Waals surface area contributed by atoms with Crippen LogP contribution in [0.5, 0.6) is 0 Å². The molecule has 0 aliphatic rings. The molecule has 0 spiro atoms. The molecule has 0 bridgehead atoms. The number of para-hydroxylation sites is 1. The van der Waals surface area contributed by atoms with E-state index in [1.165, 1.54) is 0 Å². The van der Waals surface area contributed by atoms with Gasteiger partial charge in [-0.3, -0.25) is 4.79 Å². The van der Waals surface area contributed by atoms with E-state index in [1.54, 1.807) is 11.3 Å². The highest BCUT2D eigenvalue weighted by atomic mass is 32.1. The minimum atomic E-state index is -0.103. The van der Waals surface area contributed by atoms with Gasteiger partial charge < -0.3 is 10.6 Å². The monoisotopic (exact) mass is 417 g/mol. The Morgan fingerprint density at radius 3 is 2.59 bits per heavy atom. The molecular formula is C23H19N3OS2. The molecule has 0 unspecified atom stereocenters. The van der Waals surface area contributed by atoms with E-state index < -0.39 is 0 Å². The Morgan fingerprint density at radius 2 is 1.76 bits per heavy atom. The van der Waals surface area contributed by atoms with E-state index in [0.717, 1.165) is 32.0 Å². The zero-order valence-electron chi connectivity index (χ0n) is 15.6. The molecule has 0 saturated carbocycles. The third kappa shape index (κ3) is 5.04. The van der Waals surface area contributed by atoms with Crippen molar-refractivity contribution in [2.24, 2.45) is 0 Å². The summed E-state index contributed by atoms with van der Waals surface area (Å²) in [5.74, 6) is -0.103. The second-order valence-electron chi connectivity index (χ2n) is 6.56. The Kier molecular flexibility index (Phi) is 5.93. The van der Waals surface area contributed by atoms with Crippen LogP contribution in [0.25, 0.3) is 20.8 Å². The van der Waals surface area contributed by atoms with Crippen LogP contribution < -0.4 is 10.6 Å². The van der Waals surface area contributed by atoms with Gasteiger partial charge in [0.1, 0.15) is 5.01 Å². The molecule has 29 heavy (non-hydrogen) atoms. The fourth-order valence-electron chi connectivity index (χ4n) is 2.98. The summed E-state index contributed by atoms with van der Waals surface area (Å²) in [7, 11) is 0. The fraction of sp³-hybridized carbons (Fsp3) is 0.0870. The highest BCUT2D eigenvalue weighted by Crippen LogP contribution is 2.31. The average Bonchev–Trinajstić information content (AvgIpc) is 3.17. The molecule has 4 rings (SSSR count). The van der Waals surface area contributed by atoms with Crippen molar-refractivity contribution in [1.29, 1.82) is 0 Å². The van der Waals surface area contributed by atoms with E-state index in [4.69, 9.17) is 17.2 Å². The molecule has 0 radical (unpaired) electrons. The Morgan fingerprint density at radius 1 is 0.966 bits per heavy atom. The number of amides is 1. The van der Waals surface area contributed by atoms with Gasteiger partial charge in [-0.1, -0.05) is 54.6 Å². The first-order chi connectivity index (χ1) is 14.2. The number of nitrogens with zero attached hydrogens (tertiary/aromatic N) is 1. The maximum atomic E-state index is 12.2. The lowest BCUT2D eigenvalue weighted by Crippen LogP contribution is -2.34. The molecule has 144 valence electrons. The van der Waals surface area contributed by atoms with Gasteiger partial charge in [0.2, 0.25) is 5.91 Å². The maximum Gasteiger partial charge on any atom is 0.226 e. The van der Waals surface area contributed by atoms with Crippen LogP contribution in [0, 0.1) is 0 Å². The summed E-state index contributed by atoms with van der Waals surface area (Å²) in [6.45, 7) is 0. The fourth-order valence-corrected chi connectivity index (χ4v) is 4.17. The van der Waals surface area contributed by atoms with E-state index in [-0.39, 0.29) is 5.91 Å². The van der Waals surface area contributed by atoms with Crippen LogP contribution in [0.4, 0.5) is 5.69 Å².